The number of anilines is 3. The van der Waals surface area contributed by atoms with Crippen LogP contribution in [-0.2, 0) is 10.8 Å². The second kappa shape index (κ2) is 18.3. The minimum atomic E-state index is -0.146. The van der Waals surface area contributed by atoms with Crippen LogP contribution in [0.1, 0.15) is 52.7 Å². The molecule has 2 aliphatic rings. The average molecular weight is 1060 g/mol. The Bertz CT molecular complexity index is 4880. The van der Waals surface area contributed by atoms with Crippen molar-refractivity contribution in [1.82, 2.24) is 14.5 Å². The van der Waals surface area contributed by atoms with Gasteiger partial charge in [0.1, 0.15) is 0 Å². The van der Waals surface area contributed by atoms with Crippen LogP contribution in [0.2, 0.25) is 0 Å². The van der Waals surface area contributed by atoms with Gasteiger partial charge in [0.2, 0.25) is 0 Å². The fraction of sp³-hybridized carbons (Fsp3) is 0.103. The highest BCUT2D eigenvalue weighted by Gasteiger charge is 2.44. The molecule has 394 valence electrons. The molecule has 0 unspecified atom stereocenters. The molecule has 5 heterocycles. The standard InChI is InChI=1S/C78H59BN4/c1-77(2,3)52-32-35-54(36-33-52)82-68-38-34-53(78(4,5)6)46-65(68)79-66-43-50(56-24-11-10-23-55(56)48-20-8-7-9-21-48)42-64-74-69(39-37-62-60-27-13-12-25-58(60)59-26-14-15-28-61(59)73(62)74)83(76(64)66)71-45-51(44-70(82)75(71)79)72-57(49-22-19-40-80-47-49)29-18-30-63(72)67-31-16-17-41-81-67/h7-47H,1-6H3. The number of benzene rings is 11. The third kappa shape index (κ3) is 7.53. The maximum atomic E-state index is 5.07. The van der Waals surface area contributed by atoms with E-state index in [4.69, 9.17) is 9.97 Å². The van der Waals surface area contributed by atoms with Crippen LogP contribution in [0.4, 0.5) is 17.1 Å². The largest absolute Gasteiger partial charge is 0.311 e. The molecular weight excluding hydrogens is 1000 g/mol. The van der Waals surface area contributed by atoms with Crippen molar-refractivity contribution in [2.24, 2.45) is 0 Å². The number of rotatable bonds is 6. The normalized spacial score (nSPS) is 12.9. The molecule has 16 rings (SSSR count). The molecule has 0 amide bonds. The zero-order chi connectivity index (χ0) is 55.9. The third-order valence-corrected chi connectivity index (χ3v) is 18.0. The molecule has 0 aliphatic carbocycles. The quantitative estimate of drug-likeness (QED) is 0.123. The van der Waals surface area contributed by atoms with E-state index < -0.39 is 0 Å². The summed E-state index contributed by atoms with van der Waals surface area (Å²) in [5.41, 5.74) is 24.6. The summed E-state index contributed by atoms with van der Waals surface area (Å²) >= 11 is 0. The van der Waals surface area contributed by atoms with Crippen LogP contribution in [0.5, 0.6) is 0 Å². The van der Waals surface area contributed by atoms with Crippen LogP contribution in [-0.4, -0.2) is 21.2 Å². The molecule has 83 heavy (non-hydrogen) atoms. The summed E-state index contributed by atoms with van der Waals surface area (Å²) in [6, 6.07) is 86.9. The molecule has 14 aromatic rings. The predicted molar refractivity (Wildman–Crippen MR) is 353 cm³/mol. The lowest BCUT2D eigenvalue weighted by molar-refractivity contribution is 0.590. The van der Waals surface area contributed by atoms with E-state index in [1.807, 2.05) is 30.7 Å². The van der Waals surface area contributed by atoms with Crippen molar-refractivity contribution in [3.8, 4) is 61.5 Å². The van der Waals surface area contributed by atoms with E-state index in [9.17, 15) is 0 Å². The van der Waals surface area contributed by atoms with Gasteiger partial charge in [0.25, 0.3) is 6.71 Å². The van der Waals surface area contributed by atoms with Gasteiger partial charge in [-0.15, -0.1) is 0 Å². The van der Waals surface area contributed by atoms with Gasteiger partial charge in [0.05, 0.1) is 11.2 Å². The van der Waals surface area contributed by atoms with Gasteiger partial charge < -0.3 is 9.47 Å². The Kier molecular flexibility index (Phi) is 10.8. The highest BCUT2D eigenvalue weighted by atomic mass is 15.2. The average Bonchev–Trinajstić information content (AvgIpc) is 3.57. The van der Waals surface area contributed by atoms with Crippen LogP contribution in [0, 0.1) is 0 Å². The van der Waals surface area contributed by atoms with Gasteiger partial charge in [0.15, 0.2) is 0 Å². The molecule has 4 nitrogen and oxygen atoms in total. The molecule has 5 heteroatoms. The van der Waals surface area contributed by atoms with E-state index in [0.717, 1.165) is 44.9 Å². The monoisotopic (exact) mass is 1060 g/mol. The van der Waals surface area contributed by atoms with Crippen LogP contribution in [0.25, 0.3) is 116 Å². The topological polar surface area (TPSA) is 34.0 Å². The highest BCUT2D eigenvalue weighted by Crippen LogP contribution is 2.50. The van der Waals surface area contributed by atoms with E-state index in [0.29, 0.717) is 0 Å². The fourth-order valence-electron chi connectivity index (χ4n) is 14.1. The molecule has 2 aliphatic heterocycles. The Morgan fingerprint density at radius 1 is 0.386 bits per heavy atom. The minimum absolute atomic E-state index is 0.0226. The predicted octanol–water partition coefficient (Wildman–Crippen LogP) is 18.6. The lowest BCUT2D eigenvalue weighted by Crippen LogP contribution is -2.60. The van der Waals surface area contributed by atoms with Gasteiger partial charge in [-0.3, -0.25) is 9.97 Å². The van der Waals surface area contributed by atoms with Crippen molar-refractivity contribution in [3.05, 3.63) is 260 Å². The second-order valence-corrected chi connectivity index (χ2v) is 24.9. The molecule has 0 bridgehead atoms. The number of aromatic nitrogens is 3. The summed E-state index contributed by atoms with van der Waals surface area (Å²) in [7, 11) is 0. The van der Waals surface area contributed by atoms with Gasteiger partial charge in [-0.05, 0) is 165 Å². The Hall–Kier alpha value is -9.84. The first kappa shape index (κ1) is 49.0. The van der Waals surface area contributed by atoms with Gasteiger partial charge in [-0.1, -0.05) is 211 Å². The molecule has 11 aromatic carbocycles. The Labute approximate surface area is 485 Å². The molecule has 0 fully saturated rings. The smallest absolute Gasteiger partial charge is 0.252 e. The van der Waals surface area contributed by atoms with Crippen molar-refractivity contribution in [2.75, 3.05) is 4.90 Å². The van der Waals surface area contributed by atoms with E-state index in [2.05, 4.69) is 269 Å². The van der Waals surface area contributed by atoms with E-state index in [1.54, 1.807) is 0 Å². The maximum Gasteiger partial charge on any atom is 0.252 e. The minimum Gasteiger partial charge on any atom is -0.311 e. The van der Waals surface area contributed by atoms with E-state index in [1.165, 1.54) is 115 Å². The molecule has 0 saturated carbocycles. The highest BCUT2D eigenvalue weighted by molar-refractivity contribution is 7.00. The summed E-state index contributed by atoms with van der Waals surface area (Å²) in [6.45, 7) is 13.8. The summed E-state index contributed by atoms with van der Waals surface area (Å²) in [5.74, 6) is 0. The summed E-state index contributed by atoms with van der Waals surface area (Å²) in [6.07, 6.45) is 5.77. The van der Waals surface area contributed by atoms with Crippen molar-refractivity contribution in [3.63, 3.8) is 0 Å². The Morgan fingerprint density at radius 2 is 1.01 bits per heavy atom. The molecular formula is C78H59BN4. The third-order valence-electron chi connectivity index (χ3n) is 18.0. The molecule has 0 N–H and O–H groups in total. The van der Waals surface area contributed by atoms with Crippen LogP contribution in [0.3, 0.4) is 0 Å². The molecule has 0 radical (unpaired) electrons. The van der Waals surface area contributed by atoms with Crippen LogP contribution >= 0.6 is 0 Å². The first-order valence-corrected chi connectivity index (χ1v) is 29.2. The van der Waals surface area contributed by atoms with Crippen molar-refractivity contribution < 1.29 is 0 Å². The molecule has 3 aromatic heterocycles. The number of hydrogen-bond donors (Lipinski definition) is 0. The fourth-order valence-corrected chi connectivity index (χ4v) is 14.1. The van der Waals surface area contributed by atoms with Crippen molar-refractivity contribution in [2.45, 2.75) is 52.4 Å². The molecule has 0 spiro atoms. The number of fused-ring (bicyclic) bond motifs is 14. The summed E-state index contributed by atoms with van der Waals surface area (Å²) < 4.78 is 2.67. The molecule has 0 saturated heterocycles. The summed E-state index contributed by atoms with van der Waals surface area (Å²) in [5, 5.41) is 10.1. The SMILES string of the molecule is CC(C)(C)c1ccc(N2c3ccc(C(C)(C)C)cc3B3c4c2cc(-c2c(-c5cccnc5)cccc2-c2ccccn2)cc4-n2c4ccc5c6ccccc6c6ccccc6c5c4c4cc(-c5ccccc5-c5ccccc5)cc3c42)cc1. The van der Waals surface area contributed by atoms with Crippen LogP contribution < -0.4 is 21.3 Å². The Balaban J connectivity index is 1.12. The maximum absolute atomic E-state index is 5.07. The van der Waals surface area contributed by atoms with E-state index in [-0.39, 0.29) is 17.5 Å². The number of nitrogens with zero attached hydrogens (tertiary/aromatic N) is 4. The number of hydrogen-bond acceptors (Lipinski definition) is 3. The van der Waals surface area contributed by atoms with Crippen molar-refractivity contribution >= 4 is 94.3 Å². The zero-order valence-electron chi connectivity index (χ0n) is 47.5. The summed E-state index contributed by atoms with van der Waals surface area (Å²) in [4.78, 5) is 12.4. The van der Waals surface area contributed by atoms with Crippen LogP contribution in [0.15, 0.2) is 249 Å². The van der Waals surface area contributed by atoms with Gasteiger partial charge in [-0.25, -0.2) is 0 Å². The second-order valence-electron chi connectivity index (χ2n) is 24.9. The Morgan fingerprint density at radius 3 is 1.72 bits per heavy atom. The first-order chi connectivity index (χ1) is 40.5. The van der Waals surface area contributed by atoms with Gasteiger partial charge in [-0.2, -0.15) is 0 Å². The lowest BCUT2D eigenvalue weighted by atomic mass is 9.33. The van der Waals surface area contributed by atoms with Gasteiger partial charge >= 0.3 is 0 Å². The van der Waals surface area contributed by atoms with E-state index >= 15 is 0 Å². The lowest BCUT2D eigenvalue weighted by Gasteiger charge is -2.41. The number of pyridine rings is 2. The first-order valence-electron chi connectivity index (χ1n) is 29.2. The zero-order valence-corrected chi connectivity index (χ0v) is 47.5. The van der Waals surface area contributed by atoms with Crippen molar-refractivity contribution in [1.29, 1.82) is 0 Å². The van der Waals surface area contributed by atoms with Gasteiger partial charge in [0, 0.05) is 74.1 Å². The molecule has 0 atom stereocenters.